The molecule has 19 heavy (non-hydrogen) atoms. The van der Waals surface area contributed by atoms with Gasteiger partial charge in [-0.2, -0.15) is 0 Å². The minimum Gasteiger partial charge on any atom is -0.490 e. The van der Waals surface area contributed by atoms with E-state index < -0.39 is 5.60 Å². The lowest BCUT2D eigenvalue weighted by Gasteiger charge is -2.20. The summed E-state index contributed by atoms with van der Waals surface area (Å²) in [7, 11) is 0. The molecule has 0 heterocycles. The zero-order chi connectivity index (χ0) is 14.5. The average Bonchev–Trinajstić information content (AvgIpc) is 2.26. The molecule has 0 aliphatic rings. The Labute approximate surface area is 120 Å². The lowest BCUT2D eigenvalue weighted by Crippen LogP contribution is -2.28. The van der Waals surface area contributed by atoms with Crippen LogP contribution >= 0.6 is 11.6 Å². The molecular formula is C15H24ClNO2. The fourth-order valence-electron chi connectivity index (χ4n) is 1.58. The molecule has 0 spiro atoms. The summed E-state index contributed by atoms with van der Waals surface area (Å²) in [5.41, 5.74) is 0.167. The molecule has 2 N–H and O–H groups in total. The molecule has 0 saturated heterocycles. The molecule has 0 radical (unpaired) electrons. The first-order valence-corrected chi connectivity index (χ1v) is 7.00. The van der Waals surface area contributed by atoms with E-state index in [4.69, 9.17) is 16.3 Å². The Hall–Kier alpha value is -0.770. The van der Waals surface area contributed by atoms with Gasteiger partial charge >= 0.3 is 0 Å². The quantitative estimate of drug-likeness (QED) is 0.808. The third-order valence-electron chi connectivity index (χ3n) is 2.47. The largest absolute Gasteiger partial charge is 0.490 e. The van der Waals surface area contributed by atoms with E-state index in [-0.39, 0.29) is 6.61 Å². The Morgan fingerprint density at radius 3 is 2.63 bits per heavy atom. The van der Waals surface area contributed by atoms with Crippen molar-refractivity contribution >= 4 is 11.6 Å². The van der Waals surface area contributed by atoms with Gasteiger partial charge in [0.2, 0.25) is 0 Å². The van der Waals surface area contributed by atoms with Gasteiger partial charge in [-0.3, -0.25) is 0 Å². The molecule has 0 atom stereocenters. The van der Waals surface area contributed by atoms with Gasteiger partial charge in [0.1, 0.15) is 12.4 Å². The fourth-order valence-corrected chi connectivity index (χ4v) is 1.77. The van der Waals surface area contributed by atoms with Gasteiger partial charge in [0.05, 0.1) is 5.60 Å². The van der Waals surface area contributed by atoms with Crippen molar-refractivity contribution < 1.29 is 9.84 Å². The Kier molecular flexibility index (Phi) is 6.11. The molecule has 0 aliphatic heterocycles. The van der Waals surface area contributed by atoms with E-state index in [0.717, 1.165) is 17.9 Å². The molecule has 1 aromatic carbocycles. The monoisotopic (exact) mass is 285 g/mol. The number of halogens is 1. The van der Waals surface area contributed by atoms with Crippen LogP contribution in [0.2, 0.25) is 5.02 Å². The molecule has 0 aliphatic carbocycles. The minimum absolute atomic E-state index is 0.256. The maximum Gasteiger partial charge on any atom is 0.124 e. The molecule has 0 saturated carbocycles. The number of benzene rings is 1. The number of hydrogen-bond donors (Lipinski definition) is 2. The van der Waals surface area contributed by atoms with Gasteiger partial charge in [0.15, 0.2) is 0 Å². The summed E-state index contributed by atoms with van der Waals surface area (Å²) in [6, 6.07) is 5.54. The van der Waals surface area contributed by atoms with Gasteiger partial charge < -0.3 is 15.2 Å². The maximum absolute atomic E-state index is 9.71. The molecule has 0 amide bonds. The Bertz CT molecular complexity index is 400. The van der Waals surface area contributed by atoms with Crippen molar-refractivity contribution in [2.45, 2.75) is 39.8 Å². The van der Waals surface area contributed by atoms with Gasteiger partial charge in [-0.25, -0.2) is 0 Å². The summed E-state index contributed by atoms with van der Waals surface area (Å²) >= 11 is 6.02. The molecular weight excluding hydrogens is 262 g/mol. The first-order chi connectivity index (χ1) is 8.78. The summed E-state index contributed by atoms with van der Waals surface area (Å²) in [6.45, 7) is 9.68. The second kappa shape index (κ2) is 7.13. The smallest absolute Gasteiger partial charge is 0.124 e. The minimum atomic E-state index is -0.845. The van der Waals surface area contributed by atoms with Crippen molar-refractivity contribution in [2.75, 3.05) is 13.2 Å². The normalized spacial score (nSPS) is 11.9. The zero-order valence-electron chi connectivity index (χ0n) is 12.2. The van der Waals surface area contributed by atoms with Crippen molar-refractivity contribution in [3.05, 3.63) is 28.8 Å². The SMILES string of the molecule is CC(C)CNCc1cc(Cl)ccc1OCC(C)(C)O. The fraction of sp³-hybridized carbons (Fsp3) is 0.600. The molecule has 0 aromatic heterocycles. The van der Waals surface area contributed by atoms with Crippen LogP contribution in [-0.2, 0) is 6.54 Å². The number of rotatable bonds is 7. The van der Waals surface area contributed by atoms with Crippen molar-refractivity contribution in [1.82, 2.24) is 5.32 Å². The van der Waals surface area contributed by atoms with Crippen LogP contribution in [0.15, 0.2) is 18.2 Å². The highest BCUT2D eigenvalue weighted by Gasteiger charge is 2.15. The van der Waals surface area contributed by atoms with E-state index in [9.17, 15) is 5.11 Å². The van der Waals surface area contributed by atoms with E-state index in [1.54, 1.807) is 19.9 Å². The molecule has 0 bridgehead atoms. The molecule has 1 rings (SSSR count). The van der Waals surface area contributed by atoms with E-state index in [1.807, 2.05) is 12.1 Å². The van der Waals surface area contributed by atoms with Crippen LogP contribution in [0.3, 0.4) is 0 Å². The van der Waals surface area contributed by atoms with Crippen LogP contribution < -0.4 is 10.1 Å². The summed E-state index contributed by atoms with van der Waals surface area (Å²) in [6.07, 6.45) is 0. The topological polar surface area (TPSA) is 41.5 Å². The van der Waals surface area contributed by atoms with Gasteiger partial charge in [0, 0.05) is 17.1 Å². The maximum atomic E-state index is 9.71. The molecule has 108 valence electrons. The van der Waals surface area contributed by atoms with E-state index >= 15 is 0 Å². The molecule has 0 fully saturated rings. The number of nitrogens with one attached hydrogen (secondary N) is 1. The second-order valence-corrected chi connectivity index (χ2v) is 6.31. The van der Waals surface area contributed by atoms with E-state index in [0.29, 0.717) is 17.5 Å². The standard InChI is InChI=1S/C15H24ClNO2/c1-11(2)8-17-9-12-7-13(16)5-6-14(12)19-10-15(3,4)18/h5-7,11,17-18H,8-10H2,1-4H3. The Balaban J connectivity index is 2.68. The predicted molar refractivity (Wildman–Crippen MR) is 79.8 cm³/mol. The summed E-state index contributed by atoms with van der Waals surface area (Å²) in [5.74, 6) is 1.36. The summed E-state index contributed by atoms with van der Waals surface area (Å²) in [5, 5.41) is 13.8. The Morgan fingerprint density at radius 1 is 1.37 bits per heavy atom. The first-order valence-electron chi connectivity index (χ1n) is 6.62. The summed E-state index contributed by atoms with van der Waals surface area (Å²) < 4.78 is 5.67. The lowest BCUT2D eigenvalue weighted by molar-refractivity contribution is 0.0281. The highest BCUT2D eigenvalue weighted by Crippen LogP contribution is 2.23. The second-order valence-electron chi connectivity index (χ2n) is 5.88. The van der Waals surface area contributed by atoms with Crippen molar-refractivity contribution in [1.29, 1.82) is 0 Å². The Morgan fingerprint density at radius 2 is 2.05 bits per heavy atom. The van der Waals surface area contributed by atoms with Crippen molar-refractivity contribution in [2.24, 2.45) is 5.92 Å². The van der Waals surface area contributed by atoms with Crippen LogP contribution in [0.5, 0.6) is 5.75 Å². The van der Waals surface area contributed by atoms with Gasteiger partial charge in [-0.1, -0.05) is 25.4 Å². The molecule has 1 aromatic rings. The zero-order valence-corrected chi connectivity index (χ0v) is 12.9. The average molecular weight is 286 g/mol. The van der Waals surface area contributed by atoms with Crippen LogP contribution in [0, 0.1) is 5.92 Å². The van der Waals surface area contributed by atoms with E-state index in [1.165, 1.54) is 0 Å². The van der Waals surface area contributed by atoms with Gasteiger partial charge in [-0.15, -0.1) is 0 Å². The van der Waals surface area contributed by atoms with Crippen LogP contribution in [0.25, 0.3) is 0 Å². The third-order valence-corrected chi connectivity index (χ3v) is 2.71. The first kappa shape index (κ1) is 16.3. The van der Waals surface area contributed by atoms with E-state index in [2.05, 4.69) is 19.2 Å². The lowest BCUT2D eigenvalue weighted by atomic mass is 10.1. The predicted octanol–water partition coefficient (Wildman–Crippen LogP) is 3.24. The number of aliphatic hydroxyl groups is 1. The van der Waals surface area contributed by atoms with Crippen molar-refractivity contribution in [3.8, 4) is 5.75 Å². The van der Waals surface area contributed by atoms with Gasteiger partial charge in [-0.05, 0) is 44.5 Å². The van der Waals surface area contributed by atoms with Crippen molar-refractivity contribution in [3.63, 3.8) is 0 Å². The third kappa shape index (κ3) is 6.81. The van der Waals surface area contributed by atoms with Gasteiger partial charge in [0.25, 0.3) is 0 Å². The number of ether oxygens (including phenoxy) is 1. The van der Waals surface area contributed by atoms with Crippen LogP contribution in [0.4, 0.5) is 0 Å². The van der Waals surface area contributed by atoms with Crippen LogP contribution in [-0.4, -0.2) is 23.9 Å². The molecule has 0 unspecified atom stereocenters. The molecule has 3 nitrogen and oxygen atoms in total. The highest BCUT2D eigenvalue weighted by molar-refractivity contribution is 6.30. The number of hydrogen-bond acceptors (Lipinski definition) is 3. The highest BCUT2D eigenvalue weighted by atomic mass is 35.5. The molecule has 4 heteroatoms. The summed E-state index contributed by atoms with van der Waals surface area (Å²) in [4.78, 5) is 0. The van der Waals surface area contributed by atoms with Crippen LogP contribution in [0.1, 0.15) is 33.3 Å².